The van der Waals surface area contributed by atoms with Gasteiger partial charge in [-0.1, -0.05) is 46.8 Å². The molecule has 400 valence electrons. The topological polar surface area (TPSA) is 306 Å². The minimum absolute atomic E-state index is 0.0792. The lowest BCUT2D eigenvalue weighted by atomic mass is 9.78. The summed E-state index contributed by atoms with van der Waals surface area (Å²) in [4.78, 5) is 115. The highest BCUT2D eigenvalue weighted by Crippen LogP contribution is 2.42. The van der Waals surface area contributed by atoms with Crippen molar-refractivity contribution >= 4 is 47.2 Å². The van der Waals surface area contributed by atoms with E-state index in [1.807, 2.05) is 6.92 Å². The van der Waals surface area contributed by atoms with Crippen LogP contribution in [0, 0.1) is 17.8 Å². The number of methoxy groups -OCH3 is 1. The number of amides is 6. The number of rotatable bonds is 12. The quantitative estimate of drug-likeness (QED) is 0.0541. The molecule has 71 heavy (non-hydrogen) atoms. The summed E-state index contributed by atoms with van der Waals surface area (Å²) in [5.74, 6) is -12.0. The Kier molecular flexibility index (Phi) is 20.4. The summed E-state index contributed by atoms with van der Waals surface area (Å²) < 4.78 is 17.5. The molecule has 4 saturated heterocycles. The predicted molar refractivity (Wildman–Crippen MR) is 253 cm³/mol. The molecule has 4 aliphatic rings. The van der Waals surface area contributed by atoms with Crippen LogP contribution in [-0.4, -0.2) is 188 Å². The first-order valence-corrected chi connectivity index (χ1v) is 24.6. The molecule has 0 aromatic heterocycles. The number of allylic oxidation sites excluding steroid dienone is 3. The van der Waals surface area contributed by atoms with Crippen molar-refractivity contribution in [2.75, 3.05) is 33.9 Å². The molecule has 0 radical (unpaired) electrons. The highest BCUT2D eigenvalue weighted by Gasteiger charge is 2.59. The Morgan fingerprint density at radius 1 is 0.944 bits per heavy atom. The first kappa shape index (κ1) is 58.7. The van der Waals surface area contributed by atoms with E-state index in [4.69, 9.17) is 14.2 Å². The van der Waals surface area contributed by atoms with Gasteiger partial charge in [0, 0.05) is 39.6 Å². The number of nitrogens with one attached hydrogen (secondary N) is 4. The SMILES string of the molecule is CC=C(C)C(=O)C(C)C=C(C)C1OC(O)(C(O)(CC)C(=O)NC2C(=O)N3NCCCC3C(=O)N(O)C(COC)C(=O)N(C)C(C)C(=O)N3NCCCC3C(=O)NC(C(C)O)C(=O)OC2C(C)C)CCC1C. The number of aliphatic hydroxyl groups is 3. The number of ether oxygens (including phenoxy) is 3. The number of fused-ring (bicyclic) bond motifs is 2. The van der Waals surface area contributed by atoms with Gasteiger partial charge in [-0.05, 0) is 96.1 Å². The van der Waals surface area contributed by atoms with Crippen LogP contribution in [0.5, 0.6) is 0 Å². The summed E-state index contributed by atoms with van der Waals surface area (Å²) in [6, 6.07) is -9.79. The molecule has 4 aliphatic heterocycles. The molecule has 23 nitrogen and oxygen atoms in total. The van der Waals surface area contributed by atoms with E-state index in [2.05, 4.69) is 21.5 Å². The fourth-order valence-corrected chi connectivity index (χ4v) is 9.52. The Bertz CT molecular complexity index is 2050. The van der Waals surface area contributed by atoms with Gasteiger partial charge >= 0.3 is 5.97 Å². The molecule has 0 aromatic carbocycles. The van der Waals surface area contributed by atoms with Gasteiger partial charge < -0.3 is 45.1 Å². The van der Waals surface area contributed by atoms with Gasteiger partial charge in [-0.25, -0.2) is 20.7 Å². The van der Waals surface area contributed by atoms with Crippen LogP contribution in [0.2, 0.25) is 0 Å². The van der Waals surface area contributed by atoms with Gasteiger partial charge in [0.2, 0.25) is 11.7 Å². The maximum Gasteiger partial charge on any atom is 0.331 e. The van der Waals surface area contributed by atoms with Crippen molar-refractivity contribution in [3.05, 3.63) is 23.3 Å². The fourth-order valence-electron chi connectivity index (χ4n) is 9.52. The van der Waals surface area contributed by atoms with Crippen molar-refractivity contribution in [3.63, 3.8) is 0 Å². The smallest absolute Gasteiger partial charge is 0.331 e. The lowest BCUT2D eigenvalue weighted by Crippen LogP contribution is -2.71. The van der Waals surface area contributed by atoms with Crippen molar-refractivity contribution in [1.29, 1.82) is 0 Å². The molecule has 4 heterocycles. The number of hydrogen-bond acceptors (Lipinski definition) is 17. The first-order valence-electron chi connectivity index (χ1n) is 24.6. The highest BCUT2D eigenvalue weighted by molar-refractivity contribution is 5.98. The molecule has 23 heteroatoms. The Balaban J connectivity index is 1.87. The Labute approximate surface area is 415 Å². The van der Waals surface area contributed by atoms with E-state index in [-0.39, 0.29) is 62.0 Å². The molecule has 0 aliphatic carbocycles. The molecule has 8 N–H and O–H groups in total. The van der Waals surface area contributed by atoms with E-state index in [0.717, 1.165) is 14.9 Å². The molecule has 13 atom stereocenters. The number of carbonyl (C=O) groups is 8. The monoisotopic (exact) mass is 1010 g/mol. The van der Waals surface area contributed by atoms with Gasteiger partial charge in [0.15, 0.2) is 23.5 Å². The number of likely N-dealkylation sites (N-methyl/N-ethyl adjacent to an activating group) is 1. The van der Waals surface area contributed by atoms with E-state index < -0.39 is 132 Å². The molecule has 4 fully saturated rings. The lowest BCUT2D eigenvalue weighted by Gasteiger charge is -2.49. The molecule has 6 amide bonds. The maximum absolute atomic E-state index is 15.3. The van der Waals surface area contributed by atoms with Gasteiger partial charge in [-0.2, -0.15) is 0 Å². The number of nitrogens with zero attached hydrogens (tertiary/aromatic N) is 4. The number of carbonyl (C=O) groups excluding carboxylic acids is 8. The number of cyclic esters (lactones) is 1. The van der Waals surface area contributed by atoms with Crippen LogP contribution in [0.1, 0.15) is 114 Å². The Hall–Kier alpha value is -4.88. The zero-order valence-electron chi connectivity index (χ0n) is 43.2. The third-order valence-electron chi connectivity index (χ3n) is 14.3. The summed E-state index contributed by atoms with van der Waals surface area (Å²) in [5.41, 5.74) is 3.98. The molecule has 4 rings (SSSR count). The van der Waals surface area contributed by atoms with Gasteiger partial charge in [-0.15, -0.1) is 0 Å². The molecular formula is C48H78N8O15. The van der Waals surface area contributed by atoms with Gasteiger partial charge in [-0.3, -0.25) is 48.8 Å². The fraction of sp³-hybridized carbons (Fsp3) is 0.750. The summed E-state index contributed by atoms with van der Waals surface area (Å²) in [5, 5.41) is 54.4. The Morgan fingerprint density at radius 2 is 1.54 bits per heavy atom. The van der Waals surface area contributed by atoms with E-state index in [1.54, 1.807) is 39.8 Å². The summed E-state index contributed by atoms with van der Waals surface area (Å²) >= 11 is 0. The second-order valence-electron chi connectivity index (χ2n) is 19.7. The van der Waals surface area contributed by atoms with E-state index in [9.17, 15) is 54.1 Å². The summed E-state index contributed by atoms with van der Waals surface area (Å²) in [6.45, 7) is 15.5. The van der Waals surface area contributed by atoms with Crippen LogP contribution in [0.4, 0.5) is 0 Å². The van der Waals surface area contributed by atoms with Crippen LogP contribution in [0.15, 0.2) is 23.3 Å². The number of hydrazine groups is 2. The van der Waals surface area contributed by atoms with Crippen LogP contribution in [0.3, 0.4) is 0 Å². The van der Waals surface area contributed by atoms with Crippen LogP contribution in [-0.2, 0) is 52.6 Å². The maximum atomic E-state index is 15.3. The molecule has 0 aromatic rings. The number of Topliss-reactive ketones (excluding diaryl/α,β-unsaturated/α-hetero) is 1. The van der Waals surface area contributed by atoms with E-state index in [0.29, 0.717) is 17.6 Å². The van der Waals surface area contributed by atoms with Crippen molar-refractivity contribution in [1.82, 2.24) is 41.5 Å². The zero-order valence-corrected chi connectivity index (χ0v) is 43.2. The third-order valence-corrected chi connectivity index (χ3v) is 14.3. The number of ketones is 1. The first-order chi connectivity index (χ1) is 33.2. The standard InChI is InChI=1S/C48H78N8O15/c1-13-26(5)37(58)28(7)23-29(8)39-27(6)19-20-48(67,71-39)47(66,14-2)46(65)52-36-38(25(3)4)70-45(64)35(31(10)57)51-40(59)32-17-15-21-49-54(32)41(60)30(9)53(11)42(61)34(24-69-12)56(68)43(62)33-18-16-22-50-55(33)44(36)63/h13,23,25,27-28,30-36,38-39,49-50,57,66-68H,14-22,24H2,1-12H3,(H,51,59)(H,52,65). The zero-order chi connectivity index (χ0) is 53.4. The average Bonchev–Trinajstić information content (AvgIpc) is 3.35. The number of hydrogen-bond donors (Lipinski definition) is 8. The normalized spacial score (nSPS) is 32.4. The lowest BCUT2D eigenvalue weighted by molar-refractivity contribution is -0.325. The van der Waals surface area contributed by atoms with Crippen LogP contribution >= 0.6 is 0 Å². The average molecular weight is 1010 g/mol. The predicted octanol–water partition coefficient (Wildman–Crippen LogP) is -0.248. The second kappa shape index (κ2) is 24.7. The van der Waals surface area contributed by atoms with Crippen LogP contribution in [0.25, 0.3) is 0 Å². The molecule has 0 saturated carbocycles. The van der Waals surface area contributed by atoms with E-state index >= 15 is 4.79 Å². The largest absolute Gasteiger partial charge is 0.458 e. The van der Waals surface area contributed by atoms with Crippen molar-refractivity contribution in [3.8, 4) is 0 Å². The second-order valence-corrected chi connectivity index (χ2v) is 19.7. The number of esters is 1. The van der Waals surface area contributed by atoms with Crippen molar-refractivity contribution < 1.29 is 73.1 Å². The number of hydroxylamine groups is 2. The molecule has 13 unspecified atom stereocenters. The molecule has 0 bridgehead atoms. The van der Waals surface area contributed by atoms with Gasteiger partial charge in [0.05, 0.1) is 18.8 Å². The molecule has 0 spiro atoms. The van der Waals surface area contributed by atoms with Crippen molar-refractivity contribution in [2.45, 2.75) is 180 Å². The van der Waals surface area contributed by atoms with Crippen LogP contribution < -0.4 is 21.5 Å². The van der Waals surface area contributed by atoms with Gasteiger partial charge in [0.1, 0.15) is 30.3 Å². The third kappa shape index (κ3) is 12.7. The van der Waals surface area contributed by atoms with Crippen molar-refractivity contribution in [2.24, 2.45) is 17.8 Å². The Morgan fingerprint density at radius 3 is 2.08 bits per heavy atom. The minimum Gasteiger partial charge on any atom is -0.458 e. The number of aliphatic hydroxyl groups excluding tert-OH is 1. The van der Waals surface area contributed by atoms with Gasteiger partial charge in [0.25, 0.3) is 29.5 Å². The highest BCUT2D eigenvalue weighted by atomic mass is 16.7. The minimum atomic E-state index is -2.82. The summed E-state index contributed by atoms with van der Waals surface area (Å²) in [7, 11) is 2.47. The van der Waals surface area contributed by atoms with E-state index in [1.165, 1.54) is 48.8 Å². The summed E-state index contributed by atoms with van der Waals surface area (Å²) in [6.07, 6.45) is -0.710. The molecular weight excluding hydrogens is 929 g/mol.